The van der Waals surface area contributed by atoms with Gasteiger partial charge in [-0.25, -0.2) is 0 Å². The van der Waals surface area contributed by atoms with Gasteiger partial charge in [0.1, 0.15) is 11.5 Å². The Morgan fingerprint density at radius 2 is 2.12 bits per heavy atom. The van der Waals surface area contributed by atoms with Gasteiger partial charge >= 0.3 is 0 Å². The Balaban J connectivity index is 0.00000243. The minimum absolute atomic E-state index is 0. The number of carbonyl (C=O) groups is 1. The number of nitrogens with one attached hydrogen (secondary N) is 1. The SMILES string of the molecule is COc1ccc(OC)c(C2CCCN2C(=O)CNCC2CCCO2)c1.Cl. The molecule has 0 aliphatic carbocycles. The van der Waals surface area contributed by atoms with E-state index in [1.807, 2.05) is 23.1 Å². The number of hydrogen-bond acceptors (Lipinski definition) is 5. The molecule has 0 radical (unpaired) electrons. The lowest BCUT2D eigenvalue weighted by Gasteiger charge is -2.27. The molecule has 1 amide bonds. The van der Waals surface area contributed by atoms with E-state index in [2.05, 4.69) is 5.32 Å². The summed E-state index contributed by atoms with van der Waals surface area (Å²) in [6.07, 6.45) is 4.39. The molecule has 0 saturated carbocycles. The number of ether oxygens (including phenoxy) is 3. The molecule has 2 aliphatic rings. The fraction of sp³-hybridized carbons (Fsp3) is 0.632. The Hall–Kier alpha value is -1.50. The van der Waals surface area contributed by atoms with E-state index in [1.54, 1.807) is 14.2 Å². The van der Waals surface area contributed by atoms with Gasteiger partial charge in [0.05, 0.1) is 32.9 Å². The summed E-state index contributed by atoms with van der Waals surface area (Å²) in [5, 5.41) is 3.26. The second-order valence-electron chi connectivity index (χ2n) is 6.62. The molecule has 0 spiro atoms. The topological polar surface area (TPSA) is 60.0 Å². The third kappa shape index (κ3) is 4.81. The van der Waals surface area contributed by atoms with Crippen LogP contribution in [0.15, 0.2) is 18.2 Å². The van der Waals surface area contributed by atoms with Gasteiger partial charge in [0, 0.05) is 25.3 Å². The van der Waals surface area contributed by atoms with Crippen molar-refractivity contribution >= 4 is 18.3 Å². The lowest BCUT2D eigenvalue weighted by Crippen LogP contribution is -2.40. The molecular weight excluding hydrogens is 356 g/mol. The summed E-state index contributed by atoms with van der Waals surface area (Å²) in [7, 11) is 3.31. The smallest absolute Gasteiger partial charge is 0.237 e. The fourth-order valence-electron chi connectivity index (χ4n) is 3.74. The monoisotopic (exact) mass is 384 g/mol. The summed E-state index contributed by atoms with van der Waals surface area (Å²) in [4.78, 5) is 14.7. The molecule has 6 nitrogen and oxygen atoms in total. The highest BCUT2D eigenvalue weighted by atomic mass is 35.5. The Labute approximate surface area is 161 Å². The molecular formula is C19H29ClN2O4. The van der Waals surface area contributed by atoms with Crippen molar-refractivity contribution in [1.82, 2.24) is 10.2 Å². The number of hydrogen-bond donors (Lipinski definition) is 1. The molecule has 146 valence electrons. The molecule has 0 bridgehead atoms. The molecule has 1 aromatic rings. The van der Waals surface area contributed by atoms with Gasteiger partial charge < -0.3 is 24.4 Å². The Morgan fingerprint density at radius 3 is 2.81 bits per heavy atom. The van der Waals surface area contributed by atoms with Gasteiger partial charge in [-0.15, -0.1) is 12.4 Å². The van der Waals surface area contributed by atoms with Crippen LogP contribution in [0.4, 0.5) is 0 Å². The van der Waals surface area contributed by atoms with E-state index >= 15 is 0 Å². The maximum Gasteiger partial charge on any atom is 0.237 e. The van der Waals surface area contributed by atoms with E-state index in [4.69, 9.17) is 14.2 Å². The maximum atomic E-state index is 12.7. The maximum absolute atomic E-state index is 12.7. The zero-order valence-corrected chi connectivity index (χ0v) is 16.3. The van der Waals surface area contributed by atoms with Gasteiger partial charge in [0.2, 0.25) is 5.91 Å². The molecule has 2 fully saturated rings. The number of methoxy groups -OCH3 is 2. The van der Waals surface area contributed by atoms with Crippen LogP contribution < -0.4 is 14.8 Å². The average Bonchev–Trinajstić information content (AvgIpc) is 3.32. The first-order valence-electron chi connectivity index (χ1n) is 9.06. The van der Waals surface area contributed by atoms with Crippen molar-refractivity contribution in [1.29, 1.82) is 0 Å². The van der Waals surface area contributed by atoms with E-state index in [0.717, 1.165) is 62.4 Å². The molecule has 0 aromatic heterocycles. The first-order chi connectivity index (χ1) is 12.2. The molecule has 2 unspecified atom stereocenters. The van der Waals surface area contributed by atoms with Crippen molar-refractivity contribution in [2.75, 3.05) is 40.5 Å². The highest BCUT2D eigenvalue weighted by Crippen LogP contribution is 2.38. The van der Waals surface area contributed by atoms with Crippen LogP contribution in [-0.2, 0) is 9.53 Å². The van der Waals surface area contributed by atoms with E-state index < -0.39 is 0 Å². The van der Waals surface area contributed by atoms with Gasteiger partial charge in [-0.3, -0.25) is 4.79 Å². The normalized spacial score (nSPS) is 22.2. The molecule has 2 aliphatic heterocycles. The largest absolute Gasteiger partial charge is 0.497 e. The van der Waals surface area contributed by atoms with Crippen LogP contribution in [0.5, 0.6) is 11.5 Å². The van der Waals surface area contributed by atoms with E-state index in [-0.39, 0.29) is 30.5 Å². The van der Waals surface area contributed by atoms with Gasteiger partial charge in [-0.05, 0) is 43.9 Å². The first kappa shape index (κ1) is 20.8. The predicted octanol–water partition coefficient (Wildman–Crippen LogP) is 2.56. The van der Waals surface area contributed by atoms with Crippen molar-refractivity contribution in [2.24, 2.45) is 0 Å². The fourth-order valence-corrected chi connectivity index (χ4v) is 3.74. The number of rotatable bonds is 7. The molecule has 7 heteroatoms. The zero-order valence-electron chi connectivity index (χ0n) is 15.5. The average molecular weight is 385 g/mol. The van der Waals surface area contributed by atoms with Crippen LogP contribution in [0.25, 0.3) is 0 Å². The van der Waals surface area contributed by atoms with Crippen LogP contribution in [-0.4, -0.2) is 57.4 Å². The number of benzene rings is 1. The minimum Gasteiger partial charge on any atom is -0.497 e. The highest BCUT2D eigenvalue weighted by Gasteiger charge is 2.32. The second-order valence-corrected chi connectivity index (χ2v) is 6.62. The molecule has 2 saturated heterocycles. The molecule has 2 atom stereocenters. The van der Waals surface area contributed by atoms with Crippen LogP contribution in [0.1, 0.15) is 37.3 Å². The summed E-state index contributed by atoms with van der Waals surface area (Å²) in [6.45, 7) is 2.71. The van der Waals surface area contributed by atoms with Crippen LogP contribution in [0.3, 0.4) is 0 Å². The number of likely N-dealkylation sites (tertiary alicyclic amines) is 1. The standard InChI is InChI=1S/C19H28N2O4.ClH/c1-23-14-7-8-18(24-2)16(11-14)17-6-3-9-21(17)19(22)13-20-12-15-5-4-10-25-15;/h7-8,11,15,17,20H,3-6,9-10,12-13H2,1-2H3;1H. The summed E-state index contributed by atoms with van der Waals surface area (Å²) in [5.41, 5.74) is 1.02. The molecule has 26 heavy (non-hydrogen) atoms. The van der Waals surface area contributed by atoms with Crippen LogP contribution in [0.2, 0.25) is 0 Å². The minimum atomic E-state index is 0. The Kier molecular flexibility index (Phi) is 8.00. The van der Waals surface area contributed by atoms with Gasteiger partial charge in [-0.2, -0.15) is 0 Å². The van der Waals surface area contributed by atoms with Gasteiger partial charge in [0.25, 0.3) is 0 Å². The second kappa shape index (κ2) is 10.00. The van der Waals surface area contributed by atoms with Crippen molar-refractivity contribution in [3.05, 3.63) is 23.8 Å². The summed E-state index contributed by atoms with van der Waals surface area (Å²) >= 11 is 0. The van der Waals surface area contributed by atoms with Crippen molar-refractivity contribution in [3.8, 4) is 11.5 Å². The quantitative estimate of drug-likeness (QED) is 0.782. The van der Waals surface area contributed by atoms with Crippen LogP contribution in [0, 0.1) is 0 Å². The van der Waals surface area contributed by atoms with Crippen molar-refractivity contribution in [3.63, 3.8) is 0 Å². The number of halogens is 1. The van der Waals surface area contributed by atoms with Crippen LogP contribution >= 0.6 is 12.4 Å². The Morgan fingerprint density at radius 1 is 1.27 bits per heavy atom. The predicted molar refractivity (Wildman–Crippen MR) is 102 cm³/mol. The molecule has 2 heterocycles. The summed E-state index contributed by atoms with van der Waals surface area (Å²) in [6, 6.07) is 5.81. The third-order valence-electron chi connectivity index (χ3n) is 5.04. The molecule has 1 aromatic carbocycles. The molecule has 1 N–H and O–H groups in total. The van der Waals surface area contributed by atoms with Gasteiger partial charge in [-0.1, -0.05) is 0 Å². The number of nitrogens with zero attached hydrogens (tertiary/aromatic N) is 1. The third-order valence-corrected chi connectivity index (χ3v) is 5.04. The van der Waals surface area contributed by atoms with Gasteiger partial charge in [0.15, 0.2) is 0 Å². The Bertz CT molecular complexity index is 593. The first-order valence-corrected chi connectivity index (χ1v) is 9.06. The van der Waals surface area contributed by atoms with E-state index in [9.17, 15) is 4.79 Å². The van der Waals surface area contributed by atoms with Crippen molar-refractivity contribution < 1.29 is 19.0 Å². The van der Waals surface area contributed by atoms with Crippen molar-refractivity contribution in [2.45, 2.75) is 37.8 Å². The summed E-state index contributed by atoms with van der Waals surface area (Å²) < 4.78 is 16.4. The van der Waals surface area contributed by atoms with E-state index in [0.29, 0.717) is 6.54 Å². The zero-order chi connectivity index (χ0) is 17.6. The number of carbonyl (C=O) groups excluding carboxylic acids is 1. The number of amides is 1. The summed E-state index contributed by atoms with van der Waals surface area (Å²) in [5.74, 6) is 1.72. The lowest BCUT2D eigenvalue weighted by atomic mass is 10.0. The van der Waals surface area contributed by atoms with E-state index in [1.165, 1.54) is 0 Å². The highest BCUT2D eigenvalue weighted by molar-refractivity contribution is 5.85. The molecule has 3 rings (SSSR count). The lowest BCUT2D eigenvalue weighted by molar-refractivity contribution is -0.131.